The summed E-state index contributed by atoms with van der Waals surface area (Å²) < 4.78 is 102. The maximum absolute atomic E-state index is 14.0. The summed E-state index contributed by atoms with van der Waals surface area (Å²) in [5.74, 6) is -5.36. The van der Waals surface area contributed by atoms with Crippen molar-refractivity contribution in [3.8, 4) is 0 Å². The number of hydrogen-bond donors (Lipinski definition) is 2. The highest BCUT2D eigenvalue weighted by molar-refractivity contribution is 7.89. The molecule has 0 spiro atoms. The second-order valence-corrected chi connectivity index (χ2v) is 13.6. The van der Waals surface area contributed by atoms with Crippen LogP contribution in [-0.4, -0.2) is 105 Å². The number of nitrogens with zero attached hydrogens (tertiary/aromatic N) is 5. The highest BCUT2D eigenvalue weighted by Crippen LogP contribution is 2.34. The first-order chi connectivity index (χ1) is 22.6. The normalized spacial score (nSPS) is 16.8. The number of sulfonamides is 1. The minimum absolute atomic E-state index is 0.0626. The second kappa shape index (κ2) is 13.8. The molecule has 0 saturated carbocycles. The van der Waals surface area contributed by atoms with E-state index in [1.807, 2.05) is 11.9 Å². The predicted molar refractivity (Wildman–Crippen MR) is 165 cm³/mol. The van der Waals surface area contributed by atoms with Crippen LogP contribution in [0.25, 0.3) is 0 Å². The summed E-state index contributed by atoms with van der Waals surface area (Å²) in [6.07, 6.45) is -5.16. The molecule has 260 valence electrons. The summed E-state index contributed by atoms with van der Waals surface area (Å²) in [6, 6.07) is 5.06. The molecule has 1 aromatic heterocycles. The van der Waals surface area contributed by atoms with Crippen LogP contribution >= 0.6 is 0 Å². The number of ether oxygens (including phenoxy) is 1. The third kappa shape index (κ3) is 7.30. The Morgan fingerprint density at radius 3 is 2.35 bits per heavy atom. The fourth-order valence-corrected chi connectivity index (χ4v) is 7.20. The molecule has 0 radical (unpaired) electrons. The molecule has 3 aromatic rings. The lowest BCUT2D eigenvalue weighted by Crippen LogP contribution is -2.49. The zero-order chi connectivity index (χ0) is 35.0. The van der Waals surface area contributed by atoms with Crippen LogP contribution in [0.3, 0.4) is 0 Å². The molecule has 1 saturated heterocycles. The number of hydrogen-bond acceptors (Lipinski definition) is 8. The van der Waals surface area contributed by atoms with Gasteiger partial charge in [-0.1, -0.05) is 0 Å². The van der Waals surface area contributed by atoms with Gasteiger partial charge in [-0.2, -0.15) is 22.6 Å². The molecule has 18 heteroatoms. The van der Waals surface area contributed by atoms with Gasteiger partial charge in [-0.15, -0.1) is 0 Å². The van der Waals surface area contributed by atoms with Gasteiger partial charge >= 0.3 is 12.1 Å². The SMILES string of the molecule is COC[C@H](C)N(C(=O)C(F)(F)F)c1cc(N2CCN(C)CC2)ccc1C(=O)Nc1n[nH]c2c1CN(S(=O)(=O)c1cc(F)cc(F)c1)CC2. The molecule has 0 aliphatic carbocycles. The molecule has 2 aliphatic heterocycles. The number of carbonyl (C=O) groups excluding carboxylic acids is 2. The molecule has 0 unspecified atom stereocenters. The number of halogens is 5. The van der Waals surface area contributed by atoms with Crippen molar-refractivity contribution < 1.29 is 44.7 Å². The molecule has 48 heavy (non-hydrogen) atoms. The van der Waals surface area contributed by atoms with E-state index in [9.17, 15) is 40.0 Å². The molecule has 12 nitrogen and oxygen atoms in total. The van der Waals surface area contributed by atoms with Crippen molar-refractivity contribution in [2.24, 2.45) is 0 Å². The number of rotatable bonds is 9. The number of amides is 2. The third-order valence-electron chi connectivity index (χ3n) is 8.27. The Hall–Kier alpha value is -4.13. The standard InChI is InChI=1S/C30H34F5N7O5S/c1-18(17-47-3)42(29(44)30(33,34)35)26-15-21(40-10-8-39(2)9-11-40)4-5-23(26)28(43)36-27-24-16-41(7-6-25(24)37-38-27)48(45,46)22-13-19(31)12-20(32)14-22/h4-5,12-15,18H,6-11,16-17H2,1-3H3,(H2,36,37,38,43)/t18-/m0/s1. The van der Waals surface area contributed by atoms with E-state index in [0.717, 1.165) is 4.31 Å². The summed E-state index contributed by atoms with van der Waals surface area (Å²) in [5, 5.41) is 9.38. The van der Waals surface area contributed by atoms with Crippen LogP contribution in [-0.2, 0) is 32.5 Å². The van der Waals surface area contributed by atoms with Crippen LogP contribution in [0.15, 0.2) is 41.3 Å². The van der Waals surface area contributed by atoms with Gasteiger partial charge in [0, 0.05) is 75.8 Å². The molecule has 2 amide bonds. The van der Waals surface area contributed by atoms with Gasteiger partial charge in [-0.3, -0.25) is 19.6 Å². The number of benzene rings is 2. The quantitative estimate of drug-likeness (QED) is 0.326. The highest BCUT2D eigenvalue weighted by atomic mass is 32.2. The van der Waals surface area contributed by atoms with E-state index in [1.54, 1.807) is 6.07 Å². The second-order valence-electron chi connectivity index (χ2n) is 11.6. The van der Waals surface area contributed by atoms with E-state index in [4.69, 9.17) is 4.74 Å². The number of fused-ring (bicyclic) bond motifs is 1. The smallest absolute Gasteiger partial charge is 0.383 e. The van der Waals surface area contributed by atoms with Crippen LogP contribution in [0.2, 0.25) is 0 Å². The number of nitrogens with one attached hydrogen (secondary N) is 2. The molecule has 1 fully saturated rings. The van der Waals surface area contributed by atoms with E-state index >= 15 is 0 Å². The summed E-state index contributed by atoms with van der Waals surface area (Å²) in [7, 11) is -1.16. The van der Waals surface area contributed by atoms with E-state index in [2.05, 4.69) is 20.4 Å². The molecule has 1 atom stereocenters. The lowest BCUT2D eigenvalue weighted by molar-refractivity contribution is -0.171. The molecule has 2 aliphatic rings. The van der Waals surface area contributed by atoms with E-state index in [1.165, 1.54) is 26.2 Å². The van der Waals surface area contributed by atoms with Crippen molar-refractivity contribution in [1.82, 2.24) is 19.4 Å². The fraction of sp³-hybridized carbons (Fsp3) is 0.433. The van der Waals surface area contributed by atoms with Gasteiger partial charge in [0.05, 0.1) is 28.8 Å². The van der Waals surface area contributed by atoms with Crippen molar-refractivity contribution in [3.05, 3.63) is 64.9 Å². The highest BCUT2D eigenvalue weighted by Gasteiger charge is 2.45. The number of methoxy groups -OCH3 is 1. The largest absolute Gasteiger partial charge is 0.471 e. The van der Waals surface area contributed by atoms with Crippen molar-refractivity contribution >= 4 is 39.0 Å². The Morgan fingerprint density at radius 2 is 1.73 bits per heavy atom. The minimum Gasteiger partial charge on any atom is -0.383 e. The predicted octanol–water partition coefficient (Wildman–Crippen LogP) is 3.37. The molecule has 0 bridgehead atoms. The Labute approximate surface area is 273 Å². The summed E-state index contributed by atoms with van der Waals surface area (Å²) in [4.78, 5) is 30.6. The number of alkyl halides is 3. The maximum Gasteiger partial charge on any atom is 0.471 e. The molecular weight excluding hydrogens is 665 g/mol. The van der Waals surface area contributed by atoms with Gasteiger partial charge < -0.3 is 19.9 Å². The van der Waals surface area contributed by atoms with Crippen molar-refractivity contribution in [1.29, 1.82) is 0 Å². The number of aromatic nitrogens is 2. The van der Waals surface area contributed by atoms with E-state index in [0.29, 0.717) is 60.7 Å². The molecular formula is C30H34F5N7O5S. The monoisotopic (exact) mass is 699 g/mol. The molecule has 5 rings (SSSR count). The van der Waals surface area contributed by atoms with Gasteiger partial charge in [0.15, 0.2) is 5.82 Å². The minimum atomic E-state index is -5.28. The summed E-state index contributed by atoms with van der Waals surface area (Å²) in [5.41, 5.74) is 0.654. The van der Waals surface area contributed by atoms with Crippen LogP contribution < -0.4 is 15.1 Å². The van der Waals surface area contributed by atoms with Gasteiger partial charge in [-0.05, 0) is 44.3 Å². The zero-order valence-electron chi connectivity index (χ0n) is 26.3. The van der Waals surface area contributed by atoms with Gasteiger partial charge in [-0.25, -0.2) is 17.2 Å². The number of anilines is 3. The number of H-pyrrole nitrogens is 1. The van der Waals surface area contributed by atoms with Crippen LogP contribution in [0.5, 0.6) is 0 Å². The van der Waals surface area contributed by atoms with Crippen LogP contribution in [0.4, 0.5) is 39.1 Å². The topological polar surface area (TPSA) is 131 Å². The van der Waals surface area contributed by atoms with Gasteiger partial charge in [0.1, 0.15) is 11.6 Å². The number of likely N-dealkylation sites (N-methyl/N-ethyl adjacent to an activating group) is 1. The molecule has 2 N–H and O–H groups in total. The third-order valence-corrected chi connectivity index (χ3v) is 10.1. The summed E-state index contributed by atoms with van der Waals surface area (Å²) in [6.45, 7) is 3.19. The molecule has 3 heterocycles. The van der Waals surface area contributed by atoms with Crippen molar-refractivity contribution in [2.75, 3.05) is 68.6 Å². The van der Waals surface area contributed by atoms with E-state index in [-0.39, 0.29) is 48.7 Å². The van der Waals surface area contributed by atoms with Crippen LogP contribution in [0.1, 0.15) is 28.5 Å². The van der Waals surface area contributed by atoms with E-state index < -0.39 is 50.6 Å². The summed E-state index contributed by atoms with van der Waals surface area (Å²) >= 11 is 0. The lowest BCUT2D eigenvalue weighted by Gasteiger charge is -2.36. The van der Waals surface area contributed by atoms with Crippen molar-refractivity contribution in [3.63, 3.8) is 0 Å². The number of aromatic amines is 1. The average Bonchev–Trinajstić information content (AvgIpc) is 3.42. The Balaban J connectivity index is 1.50. The van der Waals surface area contributed by atoms with Crippen LogP contribution in [0, 0.1) is 11.6 Å². The Kier molecular flexibility index (Phi) is 10.1. The van der Waals surface area contributed by atoms with Gasteiger partial charge in [0.2, 0.25) is 10.0 Å². The number of piperazine rings is 1. The fourth-order valence-electron chi connectivity index (χ4n) is 5.75. The maximum atomic E-state index is 14.0. The molecule has 2 aromatic carbocycles. The average molecular weight is 700 g/mol. The number of carbonyl (C=O) groups is 2. The van der Waals surface area contributed by atoms with Gasteiger partial charge in [0.25, 0.3) is 5.91 Å². The first kappa shape index (κ1) is 35.2. The van der Waals surface area contributed by atoms with Crippen molar-refractivity contribution in [2.45, 2.75) is 37.0 Å². The first-order valence-corrected chi connectivity index (χ1v) is 16.3. The Morgan fingerprint density at radius 1 is 1.06 bits per heavy atom. The zero-order valence-corrected chi connectivity index (χ0v) is 27.1. The Bertz CT molecular complexity index is 1770. The lowest BCUT2D eigenvalue weighted by atomic mass is 10.1. The first-order valence-electron chi connectivity index (χ1n) is 14.9.